The number of rotatable bonds is 4. The lowest BCUT2D eigenvalue weighted by Gasteiger charge is -2.27. The SMILES string of the molecule is Cc1[nH]cnc1CN1CCc2c(c3ccc(F)cc3n2C)C1=O.O=C(O)C=CC(=O)O. The molecular weight excluding hydrogens is 407 g/mol. The number of nitrogens with one attached hydrogen (secondary N) is 1. The Bertz CT molecular complexity index is 1180. The van der Waals surface area contributed by atoms with Crippen LogP contribution in [0, 0.1) is 12.7 Å². The van der Waals surface area contributed by atoms with Crippen LogP contribution < -0.4 is 0 Å². The zero-order valence-electron chi connectivity index (χ0n) is 16.9. The number of H-pyrrole nitrogens is 1. The molecule has 0 saturated heterocycles. The third-order valence-electron chi connectivity index (χ3n) is 5.05. The van der Waals surface area contributed by atoms with Crippen molar-refractivity contribution < 1.29 is 29.0 Å². The van der Waals surface area contributed by atoms with Crippen LogP contribution in [0.1, 0.15) is 27.4 Å². The second-order valence-electron chi connectivity index (χ2n) is 7.00. The van der Waals surface area contributed by atoms with Crippen molar-refractivity contribution in [1.82, 2.24) is 19.4 Å². The molecule has 4 rings (SSSR count). The number of aromatic nitrogens is 3. The van der Waals surface area contributed by atoms with Crippen LogP contribution in [0.2, 0.25) is 0 Å². The van der Waals surface area contributed by atoms with Crippen molar-refractivity contribution in [2.75, 3.05) is 6.54 Å². The summed E-state index contributed by atoms with van der Waals surface area (Å²) in [6.45, 7) is 3.08. The van der Waals surface area contributed by atoms with Crippen molar-refractivity contribution in [3.63, 3.8) is 0 Å². The molecule has 0 spiro atoms. The number of aliphatic carboxylic acids is 2. The number of carbonyl (C=O) groups is 3. The predicted molar refractivity (Wildman–Crippen MR) is 109 cm³/mol. The number of nitrogens with zero attached hydrogens (tertiary/aromatic N) is 3. The van der Waals surface area contributed by atoms with Gasteiger partial charge in [-0.2, -0.15) is 0 Å². The van der Waals surface area contributed by atoms with E-state index in [1.165, 1.54) is 12.1 Å². The van der Waals surface area contributed by atoms with E-state index in [-0.39, 0.29) is 11.7 Å². The van der Waals surface area contributed by atoms with Crippen molar-refractivity contribution in [3.05, 3.63) is 65.1 Å². The Kier molecular flexibility index (Phi) is 6.19. The van der Waals surface area contributed by atoms with Gasteiger partial charge < -0.3 is 24.7 Å². The highest BCUT2D eigenvalue weighted by Gasteiger charge is 2.30. The summed E-state index contributed by atoms with van der Waals surface area (Å²) in [4.78, 5) is 41.2. The molecule has 1 amide bonds. The average Bonchev–Trinajstić information content (AvgIpc) is 3.24. The van der Waals surface area contributed by atoms with Crippen LogP contribution in [-0.2, 0) is 29.6 Å². The third kappa shape index (κ3) is 4.63. The first-order valence-corrected chi connectivity index (χ1v) is 9.38. The third-order valence-corrected chi connectivity index (χ3v) is 5.05. The van der Waals surface area contributed by atoms with Gasteiger partial charge in [-0.25, -0.2) is 19.0 Å². The standard InChI is InChI=1S/C17H17FN4O.C4H4O4/c1-10-13(20-9-19-10)8-22-6-5-14-16(17(22)23)12-4-3-11(18)7-15(12)21(14)2;5-3(6)1-2-4(7)8/h3-4,7,9H,5-6,8H2,1-2H3,(H,19,20);1-2H,(H,5,6)(H,7,8). The fourth-order valence-electron chi connectivity index (χ4n) is 3.51. The average molecular weight is 428 g/mol. The molecule has 1 aliphatic heterocycles. The molecule has 10 heteroatoms. The van der Waals surface area contributed by atoms with E-state index in [0.29, 0.717) is 30.8 Å². The molecule has 1 aliphatic rings. The molecule has 31 heavy (non-hydrogen) atoms. The van der Waals surface area contributed by atoms with Crippen LogP contribution in [0.25, 0.3) is 10.9 Å². The molecule has 9 nitrogen and oxygen atoms in total. The van der Waals surface area contributed by atoms with Gasteiger partial charge in [0.2, 0.25) is 0 Å². The number of aromatic amines is 1. The Balaban J connectivity index is 0.000000293. The summed E-state index contributed by atoms with van der Waals surface area (Å²) in [7, 11) is 1.89. The first-order chi connectivity index (χ1) is 14.7. The van der Waals surface area contributed by atoms with Gasteiger partial charge in [0.05, 0.1) is 29.6 Å². The number of aryl methyl sites for hydroxylation is 2. The minimum atomic E-state index is -1.26. The predicted octanol–water partition coefficient (Wildman–Crippen LogP) is 2.26. The number of carboxylic acid groups (broad SMARTS) is 2. The monoisotopic (exact) mass is 428 g/mol. The lowest BCUT2D eigenvalue weighted by atomic mass is 10.0. The van der Waals surface area contributed by atoms with E-state index in [0.717, 1.165) is 34.4 Å². The fourth-order valence-corrected chi connectivity index (χ4v) is 3.51. The molecule has 0 unspecified atom stereocenters. The molecule has 3 heterocycles. The van der Waals surface area contributed by atoms with E-state index in [9.17, 15) is 18.8 Å². The van der Waals surface area contributed by atoms with Crippen LogP contribution in [0.3, 0.4) is 0 Å². The van der Waals surface area contributed by atoms with E-state index in [4.69, 9.17) is 10.2 Å². The van der Waals surface area contributed by atoms with Gasteiger partial charge in [-0.15, -0.1) is 0 Å². The second-order valence-corrected chi connectivity index (χ2v) is 7.00. The van der Waals surface area contributed by atoms with Crippen molar-refractivity contribution in [1.29, 1.82) is 0 Å². The van der Waals surface area contributed by atoms with Gasteiger partial charge in [-0.05, 0) is 25.1 Å². The molecular formula is C21H21FN4O5. The topological polar surface area (TPSA) is 129 Å². The van der Waals surface area contributed by atoms with Crippen LogP contribution in [0.15, 0.2) is 36.7 Å². The Morgan fingerprint density at radius 3 is 2.52 bits per heavy atom. The highest BCUT2D eigenvalue weighted by molar-refractivity contribution is 6.09. The summed E-state index contributed by atoms with van der Waals surface area (Å²) in [5, 5.41) is 16.4. The molecule has 0 fully saturated rings. The second kappa shape index (κ2) is 8.82. The number of fused-ring (bicyclic) bond motifs is 3. The number of halogens is 1. The zero-order valence-corrected chi connectivity index (χ0v) is 16.9. The summed E-state index contributed by atoms with van der Waals surface area (Å²) in [6, 6.07) is 4.60. The maximum atomic E-state index is 13.5. The van der Waals surface area contributed by atoms with E-state index >= 15 is 0 Å². The molecule has 0 radical (unpaired) electrons. The molecule has 0 bridgehead atoms. The summed E-state index contributed by atoms with van der Waals surface area (Å²) in [5.74, 6) is -2.81. The maximum Gasteiger partial charge on any atom is 0.328 e. The molecule has 0 saturated carbocycles. The molecule has 3 N–H and O–H groups in total. The summed E-state index contributed by atoms with van der Waals surface area (Å²) in [5.41, 5.74) is 4.30. The maximum absolute atomic E-state index is 13.5. The molecule has 3 aromatic rings. The quantitative estimate of drug-likeness (QED) is 0.547. The van der Waals surface area contributed by atoms with E-state index in [1.807, 2.05) is 23.4 Å². The summed E-state index contributed by atoms with van der Waals surface area (Å²) >= 11 is 0. The van der Waals surface area contributed by atoms with Gasteiger partial charge >= 0.3 is 11.9 Å². The molecule has 0 aliphatic carbocycles. The number of imidazole rings is 1. The van der Waals surface area contributed by atoms with E-state index in [1.54, 1.807) is 12.4 Å². The molecule has 1 aromatic carbocycles. The van der Waals surface area contributed by atoms with Crippen LogP contribution in [0.4, 0.5) is 4.39 Å². The van der Waals surface area contributed by atoms with Gasteiger partial charge in [-0.3, -0.25) is 4.79 Å². The number of benzene rings is 1. The highest BCUT2D eigenvalue weighted by Crippen LogP contribution is 2.31. The molecule has 2 aromatic heterocycles. The van der Waals surface area contributed by atoms with Gasteiger partial charge in [-0.1, -0.05) is 0 Å². The minimum Gasteiger partial charge on any atom is -0.478 e. The van der Waals surface area contributed by atoms with Crippen LogP contribution >= 0.6 is 0 Å². The van der Waals surface area contributed by atoms with Crippen molar-refractivity contribution >= 4 is 28.7 Å². The van der Waals surface area contributed by atoms with E-state index in [2.05, 4.69) is 9.97 Å². The van der Waals surface area contributed by atoms with Crippen molar-refractivity contribution in [3.8, 4) is 0 Å². The Hall–Kier alpha value is -3.95. The van der Waals surface area contributed by atoms with Gasteiger partial charge in [0, 0.05) is 48.9 Å². The zero-order chi connectivity index (χ0) is 22.7. The smallest absolute Gasteiger partial charge is 0.328 e. The van der Waals surface area contributed by atoms with Gasteiger partial charge in [0.25, 0.3) is 5.91 Å². The van der Waals surface area contributed by atoms with E-state index < -0.39 is 11.9 Å². The first-order valence-electron chi connectivity index (χ1n) is 9.38. The van der Waals surface area contributed by atoms with Crippen LogP contribution in [-0.4, -0.2) is 54.0 Å². The highest BCUT2D eigenvalue weighted by atomic mass is 19.1. The number of amides is 1. The lowest BCUT2D eigenvalue weighted by molar-refractivity contribution is -0.134. The lowest BCUT2D eigenvalue weighted by Crippen LogP contribution is -2.37. The number of hydrogen-bond donors (Lipinski definition) is 3. The van der Waals surface area contributed by atoms with Crippen LogP contribution in [0.5, 0.6) is 0 Å². The Labute approximate surface area is 176 Å². The Morgan fingerprint density at radius 1 is 1.26 bits per heavy atom. The summed E-state index contributed by atoms with van der Waals surface area (Å²) in [6.07, 6.45) is 3.52. The largest absolute Gasteiger partial charge is 0.478 e. The number of carbonyl (C=O) groups excluding carboxylic acids is 1. The molecule has 162 valence electrons. The Morgan fingerprint density at radius 2 is 1.94 bits per heavy atom. The molecule has 0 atom stereocenters. The fraction of sp³-hybridized carbons (Fsp3) is 0.238. The van der Waals surface area contributed by atoms with Crippen molar-refractivity contribution in [2.24, 2.45) is 7.05 Å². The van der Waals surface area contributed by atoms with Gasteiger partial charge in [0.1, 0.15) is 5.82 Å². The first kappa shape index (κ1) is 21.8. The number of carboxylic acids is 2. The van der Waals surface area contributed by atoms with Crippen molar-refractivity contribution in [2.45, 2.75) is 19.9 Å². The number of hydrogen-bond acceptors (Lipinski definition) is 4. The minimum absolute atomic E-state index is 0.00846. The normalized spacial score (nSPS) is 13.3. The summed E-state index contributed by atoms with van der Waals surface area (Å²) < 4.78 is 15.5. The van der Waals surface area contributed by atoms with Gasteiger partial charge in [0.15, 0.2) is 0 Å².